The molecule has 2 amide bonds. The van der Waals surface area contributed by atoms with Gasteiger partial charge in [0.15, 0.2) is 0 Å². The number of aromatic nitrogens is 3. The van der Waals surface area contributed by atoms with Crippen LogP contribution < -0.4 is 0 Å². The molecule has 3 aliphatic heterocycles. The van der Waals surface area contributed by atoms with Crippen molar-refractivity contribution in [1.82, 2.24) is 24.8 Å². The minimum Gasteiger partial charge on any atom is -0.481 e. The first-order chi connectivity index (χ1) is 15.9. The summed E-state index contributed by atoms with van der Waals surface area (Å²) < 4.78 is 7.73. The van der Waals surface area contributed by atoms with Crippen molar-refractivity contribution in [2.75, 3.05) is 19.7 Å². The Kier molecular flexibility index (Phi) is 5.17. The third kappa shape index (κ3) is 3.06. The number of likely N-dealkylation sites (tertiary alicyclic amines) is 1. The maximum Gasteiger partial charge on any atom is 0.310 e. The lowest BCUT2D eigenvalue weighted by Gasteiger charge is -2.36. The Hall–Kier alpha value is -3.31. The van der Waals surface area contributed by atoms with Gasteiger partial charge in [-0.05, 0) is 25.0 Å². The van der Waals surface area contributed by atoms with E-state index in [-0.39, 0.29) is 26.4 Å². The first-order valence-electron chi connectivity index (χ1n) is 10.9. The molecule has 4 heterocycles. The number of β-amino-alcohol motifs (C(OH)–C–C–N with tert-alkyl or cyclic N) is 1. The molecule has 2 aromatic rings. The number of ether oxygens (including phenoxy) is 1. The molecule has 3 fully saturated rings. The summed E-state index contributed by atoms with van der Waals surface area (Å²) in [5.74, 6) is -3.91. The number of carbonyl (C=O) groups excluding carboxylic acids is 2. The molecule has 1 aromatic carbocycles. The predicted octanol–water partition coefficient (Wildman–Crippen LogP) is -0.145. The van der Waals surface area contributed by atoms with Crippen molar-refractivity contribution in [3.05, 3.63) is 36.9 Å². The van der Waals surface area contributed by atoms with Crippen LogP contribution >= 0.6 is 0 Å². The molecule has 11 heteroatoms. The molecule has 33 heavy (non-hydrogen) atoms. The average molecular weight is 455 g/mol. The Bertz CT molecular complexity index is 1130. The van der Waals surface area contributed by atoms with Gasteiger partial charge in [-0.2, -0.15) is 0 Å². The summed E-state index contributed by atoms with van der Waals surface area (Å²) in [7, 11) is 0. The van der Waals surface area contributed by atoms with Crippen molar-refractivity contribution >= 4 is 28.8 Å². The fraction of sp³-hybridized carbons (Fsp3) is 0.500. The Labute approximate surface area is 189 Å². The van der Waals surface area contributed by atoms with Crippen LogP contribution in [-0.4, -0.2) is 90.2 Å². The van der Waals surface area contributed by atoms with E-state index in [0.717, 1.165) is 5.52 Å². The fourth-order valence-electron chi connectivity index (χ4n) is 5.79. The number of carbonyl (C=O) groups is 3. The van der Waals surface area contributed by atoms with E-state index in [4.69, 9.17) is 4.74 Å². The molecule has 1 aromatic heterocycles. The minimum absolute atomic E-state index is 0.0650. The SMILES string of the molecule is C=CCN(Cn1nnc2ccccc21)C(=O)[C@H]1N(CCO)C(=O)[C@@H]2[C@@H](C(=O)O)[C@H]3CC[C@]21O3. The lowest BCUT2D eigenvalue weighted by Crippen LogP contribution is -2.56. The van der Waals surface area contributed by atoms with Gasteiger partial charge in [0.25, 0.3) is 0 Å². The van der Waals surface area contributed by atoms with Crippen molar-refractivity contribution in [3.8, 4) is 0 Å². The summed E-state index contributed by atoms with van der Waals surface area (Å²) in [4.78, 5) is 42.0. The van der Waals surface area contributed by atoms with Gasteiger partial charge in [0, 0.05) is 13.1 Å². The summed E-state index contributed by atoms with van der Waals surface area (Å²) in [6.07, 6.45) is 1.85. The van der Waals surface area contributed by atoms with Gasteiger partial charge < -0.3 is 24.7 Å². The first-order valence-corrected chi connectivity index (χ1v) is 10.9. The Balaban J connectivity index is 1.52. The van der Waals surface area contributed by atoms with Gasteiger partial charge in [-0.3, -0.25) is 14.4 Å². The van der Waals surface area contributed by atoms with Crippen LogP contribution in [0.3, 0.4) is 0 Å². The van der Waals surface area contributed by atoms with Crippen LogP contribution in [0, 0.1) is 11.8 Å². The van der Waals surface area contributed by atoms with Crippen molar-refractivity contribution in [2.45, 2.75) is 37.3 Å². The molecule has 174 valence electrons. The van der Waals surface area contributed by atoms with E-state index in [1.807, 2.05) is 24.3 Å². The standard InChI is InChI=1S/C22H25N5O6/c1-2-9-25(12-27-14-6-4-3-5-13(14)23-24-27)20(30)18-22-8-7-15(33-22)16(21(31)32)17(22)19(29)26(18)10-11-28/h2-6,15-18,28H,1,7-12H2,(H,31,32)/t15-,16+,17+,18-,22+/m1/s1. The summed E-state index contributed by atoms with van der Waals surface area (Å²) >= 11 is 0. The highest BCUT2D eigenvalue weighted by atomic mass is 16.5. The Morgan fingerprint density at radius 2 is 2.15 bits per heavy atom. The monoisotopic (exact) mass is 455 g/mol. The Morgan fingerprint density at radius 1 is 1.36 bits per heavy atom. The van der Waals surface area contributed by atoms with Crippen LogP contribution in [0.2, 0.25) is 0 Å². The average Bonchev–Trinajstić information content (AvgIpc) is 3.54. The van der Waals surface area contributed by atoms with E-state index in [2.05, 4.69) is 16.9 Å². The number of carboxylic acids is 1. The highest BCUT2D eigenvalue weighted by Crippen LogP contribution is 2.58. The number of aliphatic carboxylic acids is 1. The van der Waals surface area contributed by atoms with Gasteiger partial charge in [0.2, 0.25) is 11.8 Å². The maximum absolute atomic E-state index is 13.9. The third-order valence-electron chi connectivity index (χ3n) is 7.05. The van der Waals surface area contributed by atoms with Gasteiger partial charge in [-0.1, -0.05) is 23.4 Å². The zero-order chi connectivity index (χ0) is 23.3. The zero-order valence-corrected chi connectivity index (χ0v) is 17.9. The van der Waals surface area contributed by atoms with Crippen molar-refractivity contribution < 1.29 is 29.3 Å². The van der Waals surface area contributed by atoms with Gasteiger partial charge in [-0.15, -0.1) is 11.7 Å². The van der Waals surface area contributed by atoms with E-state index in [9.17, 15) is 24.6 Å². The molecule has 0 radical (unpaired) electrons. The third-order valence-corrected chi connectivity index (χ3v) is 7.05. The molecule has 1 spiro atoms. The molecule has 3 aliphatic rings. The van der Waals surface area contributed by atoms with Crippen LogP contribution in [0.4, 0.5) is 0 Å². The summed E-state index contributed by atoms with van der Waals surface area (Å²) in [6, 6.07) is 6.32. The molecule has 0 saturated carbocycles. The number of rotatable bonds is 8. The van der Waals surface area contributed by atoms with Crippen LogP contribution in [0.25, 0.3) is 11.0 Å². The number of hydrogen-bond donors (Lipinski definition) is 2. The van der Waals surface area contributed by atoms with Gasteiger partial charge >= 0.3 is 5.97 Å². The van der Waals surface area contributed by atoms with Crippen LogP contribution in [0.1, 0.15) is 12.8 Å². The smallest absolute Gasteiger partial charge is 0.310 e. The summed E-state index contributed by atoms with van der Waals surface area (Å²) in [6.45, 7) is 3.56. The molecule has 11 nitrogen and oxygen atoms in total. The fourth-order valence-corrected chi connectivity index (χ4v) is 5.79. The molecular formula is C22H25N5O6. The van der Waals surface area contributed by atoms with Crippen molar-refractivity contribution in [2.24, 2.45) is 11.8 Å². The van der Waals surface area contributed by atoms with Crippen LogP contribution in [0.5, 0.6) is 0 Å². The number of hydrogen-bond acceptors (Lipinski definition) is 7. The molecule has 5 rings (SSSR count). The lowest BCUT2D eigenvalue weighted by molar-refractivity contribution is -0.151. The second-order valence-electron chi connectivity index (χ2n) is 8.72. The summed E-state index contributed by atoms with van der Waals surface area (Å²) in [5.41, 5.74) is 0.206. The highest BCUT2D eigenvalue weighted by Gasteiger charge is 2.74. The predicted molar refractivity (Wildman–Crippen MR) is 113 cm³/mol. The van der Waals surface area contributed by atoms with E-state index < -0.39 is 47.4 Å². The molecule has 3 saturated heterocycles. The minimum atomic E-state index is -1.22. The number of aliphatic hydroxyl groups is 1. The second-order valence-corrected chi connectivity index (χ2v) is 8.72. The lowest BCUT2D eigenvalue weighted by atomic mass is 9.70. The first kappa shape index (κ1) is 21.5. The molecule has 2 bridgehead atoms. The number of benzene rings is 1. The molecule has 0 aliphatic carbocycles. The number of amides is 2. The summed E-state index contributed by atoms with van der Waals surface area (Å²) in [5, 5.41) is 27.7. The number of aliphatic hydroxyl groups excluding tert-OH is 1. The number of fused-ring (bicyclic) bond motifs is 2. The molecule has 2 N–H and O–H groups in total. The Morgan fingerprint density at radius 3 is 2.88 bits per heavy atom. The molecule has 0 unspecified atom stereocenters. The molecular weight excluding hydrogens is 430 g/mol. The number of carboxylic acid groups (broad SMARTS) is 1. The molecule has 5 atom stereocenters. The maximum atomic E-state index is 13.9. The van der Waals surface area contributed by atoms with Gasteiger partial charge in [0.1, 0.15) is 23.8 Å². The zero-order valence-electron chi connectivity index (χ0n) is 17.9. The largest absolute Gasteiger partial charge is 0.481 e. The van der Waals surface area contributed by atoms with Crippen LogP contribution in [-0.2, 0) is 25.8 Å². The van der Waals surface area contributed by atoms with E-state index in [1.165, 1.54) is 9.80 Å². The van der Waals surface area contributed by atoms with Crippen LogP contribution in [0.15, 0.2) is 36.9 Å². The van der Waals surface area contributed by atoms with E-state index in [1.54, 1.807) is 10.8 Å². The van der Waals surface area contributed by atoms with Gasteiger partial charge in [0.05, 0.1) is 30.1 Å². The highest BCUT2D eigenvalue weighted by molar-refractivity contribution is 5.98. The number of nitrogens with zero attached hydrogens (tertiary/aromatic N) is 5. The topological polar surface area (TPSA) is 138 Å². The van der Waals surface area contributed by atoms with E-state index in [0.29, 0.717) is 18.4 Å². The normalized spacial score (nSPS) is 30.1. The van der Waals surface area contributed by atoms with Crippen molar-refractivity contribution in [3.63, 3.8) is 0 Å². The van der Waals surface area contributed by atoms with Gasteiger partial charge in [-0.25, -0.2) is 4.68 Å². The number of para-hydroxylation sites is 1. The van der Waals surface area contributed by atoms with Crippen molar-refractivity contribution in [1.29, 1.82) is 0 Å². The van der Waals surface area contributed by atoms with E-state index >= 15 is 0 Å². The quantitative estimate of drug-likeness (QED) is 0.525. The second kappa shape index (κ2) is 7.92.